The Labute approximate surface area is 140 Å². The number of nitrogens with one attached hydrogen (secondary N) is 1. The normalized spacial score (nSPS) is 20.3. The zero-order chi connectivity index (χ0) is 15.7. The maximum absolute atomic E-state index is 12.4. The molecule has 0 heterocycles. The number of hydrogen-bond acceptors (Lipinski definition) is 1. The molecule has 1 fully saturated rings. The molecule has 0 aliphatic heterocycles. The molecule has 0 spiro atoms. The van der Waals surface area contributed by atoms with Crippen LogP contribution in [-0.2, 0) is 0 Å². The number of carbonyl (C=O) groups is 1. The van der Waals surface area contributed by atoms with E-state index in [-0.39, 0.29) is 17.9 Å². The number of rotatable bonds is 3. The van der Waals surface area contributed by atoms with Crippen LogP contribution in [0.5, 0.6) is 0 Å². The van der Waals surface area contributed by atoms with Gasteiger partial charge in [0.2, 0.25) is 0 Å². The third-order valence-electron chi connectivity index (χ3n) is 4.35. The molecule has 1 amide bonds. The average Bonchev–Trinajstić information content (AvgIpc) is 2.47. The van der Waals surface area contributed by atoms with Gasteiger partial charge in [0.25, 0.3) is 5.91 Å². The van der Waals surface area contributed by atoms with Crippen LogP contribution in [-0.4, -0.2) is 11.9 Å². The third-order valence-corrected chi connectivity index (χ3v) is 5.01. The molecule has 114 valence electrons. The number of aryl methyl sites for hydroxylation is 1. The van der Waals surface area contributed by atoms with Crippen LogP contribution in [0.2, 0.25) is 10.0 Å². The molecule has 3 rings (SSSR count). The highest BCUT2D eigenvalue weighted by Gasteiger charge is 2.36. The van der Waals surface area contributed by atoms with Crippen LogP contribution >= 0.6 is 23.2 Å². The predicted molar refractivity (Wildman–Crippen MR) is 90.9 cm³/mol. The number of benzene rings is 2. The quantitative estimate of drug-likeness (QED) is 0.843. The minimum absolute atomic E-state index is 0.0315. The number of hydrogen-bond donors (Lipinski definition) is 1. The largest absolute Gasteiger partial charge is 0.349 e. The van der Waals surface area contributed by atoms with Crippen LogP contribution in [0.4, 0.5) is 0 Å². The summed E-state index contributed by atoms with van der Waals surface area (Å²) in [7, 11) is 0. The summed E-state index contributed by atoms with van der Waals surface area (Å²) in [6.07, 6.45) is 1.94. The van der Waals surface area contributed by atoms with Gasteiger partial charge in [-0.1, -0.05) is 47.5 Å². The first-order valence-corrected chi connectivity index (χ1v) is 8.14. The van der Waals surface area contributed by atoms with Crippen LogP contribution in [0.25, 0.3) is 0 Å². The molecule has 0 radical (unpaired) electrons. The molecule has 2 aromatic rings. The van der Waals surface area contributed by atoms with E-state index in [4.69, 9.17) is 23.2 Å². The van der Waals surface area contributed by atoms with Gasteiger partial charge in [0, 0.05) is 27.6 Å². The molecule has 2 aromatic carbocycles. The van der Waals surface area contributed by atoms with Gasteiger partial charge >= 0.3 is 0 Å². The van der Waals surface area contributed by atoms with Crippen molar-refractivity contribution in [2.75, 3.05) is 0 Å². The highest BCUT2D eigenvalue weighted by molar-refractivity contribution is 6.36. The van der Waals surface area contributed by atoms with Gasteiger partial charge in [-0.2, -0.15) is 0 Å². The fourth-order valence-corrected chi connectivity index (χ4v) is 3.63. The molecule has 1 N–H and O–H groups in total. The summed E-state index contributed by atoms with van der Waals surface area (Å²) in [4.78, 5) is 12.4. The Morgan fingerprint density at radius 3 is 2.32 bits per heavy atom. The van der Waals surface area contributed by atoms with E-state index in [0.717, 1.165) is 29.5 Å². The summed E-state index contributed by atoms with van der Waals surface area (Å²) in [5.74, 6) is 0.158. The van der Waals surface area contributed by atoms with E-state index in [1.54, 1.807) is 0 Å². The van der Waals surface area contributed by atoms with Gasteiger partial charge in [-0.15, -0.1) is 0 Å². The van der Waals surface area contributed by atoms with E-state index in [0.29, 0.717) is 10.0 Å². The lowest BCUT2D eigenvalue weighted by atomic mass is 9.75. The first-order chi connectivity index (χ1) is 10.6. The molecular weight excluding hydrogens is 317 g/mol. The average molecular weight is 334 g/mol. The third kappa shape index (κ3) is 2.86. The van der Waals surface area contributed by atoms with Crippen molar-refractivity contribution in [1.82, 2.24) is 5.32 Å². The Hall–Kier alpha value is -1.51. The summed E-state index contributed by atoms with van der Waals surface area (Å²) in [6, 6.07) is 13.2. The van der Waals surface area contributed by atoms with Crippen molar-refractivity contribution in [2.24, 2.45) is 0 Å². The molecule has 1 aliphatic carbocycles. The van der Waals surface area contributed by atoms with Crippen molar-refractivity contribution in [3.8, 4) is 0 Å². The van der Waals surface area contributed by atoms with Crippen LogP contribution < -0.4 is 5.32 Å². The molecule has 0 saturated heterocycles. The summed E-state index contributed by atoms with van der Waals surface area (Å²) in [5, 5.41) is 4.47. The second kappa shape index (κ2) is 6.31. The predicted octanol–water partition coefficient (Wildman–Crippen LogP) is 4.98. The first kappa shape index (κ1) is 15.4. The van der Waals surface area contributed by atoms with Gasteiger partial charge in [0.05, 0.1) is 0 Å². The molecule has 0 bridgehead atoms. The van der Waals surface area contributed by atoms with E-state index >= 15 is 0 Å². The van der Waals surface area contributed by atoms with Gasteiger partial charge in [0.15, 0.2) is 0 Å². The van der Waals surface area contributed by atoms with E-state index in [1.807, 2.05) is 49.4 Å². The van der Waals surface area contributed by atoms with Gasteiger partial charge in [0.1, 0.15) is 0 Å². The molecule has 0 aromatic heterocycles. The minimum Gasteiger partial charge on any atom is -0.349 e. The van der Waals surface area contributed by atoms with Crippen molar-refractivity contribution in [2.45, 2.75) is 31.7 Å². The summed E-state index contributed by atoms with van der Waals surface area (Å²) >= 11 is 12.6. The van der Waals surface area contributed by atoms with Crippen molar-refractivity contribution < 1.29 is 4.79 Å². The molecule has 4 heteroatoms. The number of halogens is 2. The molecule has 0 unspecified atom stereocenters. The molecule has 2 atom stereocenters. The van der Waals surface area contributed by atoms with Crippen LogP contribution in [0.1, 0.15) is 40.2 Å². The first-order valence-electron chi connectivity index (χ1n) is 7.38. The molecule has 1 aliphatic rings. The fourth-order valence-electron chi connectivity index (χ4n) is 2.96. The minimum atomic E-state index is -0.0315. The van der Waals surface area contributed by atoms with Gasteiger partial charge in [-0.25, -0.2) is 0 Å². The van der Waals surface area contributed by atoms with Gasteiger partial charge < -0.3 is 5.32 Å². The lowest BCUT2D eigenvalue weighted by Crippen LogP contribution is -2.45. The van der Waals surface area contributed by atoms with E-state index in [1.165, 1.54) is 0 Å². The van der Waals surface area contributed by atoms with Crippen molar-refractivity contribution >= 4 is 29.1 Å². The Bertz CT molecular complexity index is 694. The maximum atomic E-state index is 12.4. The zero-order valence-electron chi connectivity index (χ0n) is 12.3. The van der Waals surface area contributed by atoms with Gasteiger partial charge in [-0.3, -0.25) is 4.79 Å². The monoisotopic (exact) mass is 333 g/mol. The van der Waals surface area contributed by atoms with E-state index in [2.05, 4.69) is 5.32 Å². The van der Waals surface area contributed by atoms with Gasteiger partial charge in [-0.05, 0) is 49.1 Å². The molecule has 2 nitrogen and oxygen atoms in total. The zero-order valence-corrected chi connectivity index (χ0v) is 13.8. The van der Waals surface area contributed by atoms with Crippen LogP contribution in [0.3, 0.4) is 0 Å². The summed E-state index contributed by atoms with van der Waals surface area (Å²) in [5.41, 5.74) is 2.65. The molecular formula is C18H17Cl2NO. The highest BCUT2D eigenvalue weighted by Crippen LogP contribution is 2.43. The maximum Gasteiger partial charge on any atom is 0.251 e. The highest BCUT2D eigenvalue weighted by atomic mass is 35.5. The molecule has 1 saturated carbocycles. The number of carbonyl (C=O) groups excluding carboxylic acids is 1. The Balaban J connectivity index is 1.77. The SMILES string of the molecule is Cc1ccccc1C(=O)N[C@@H]1CC[C@@H]1c1c(Cl)cccc1Cl. The Morgan fingerprint density at radius 1 is 1.05 bits per heavy atom. The Morgan fingerprint density at radius 2 is 1.73 bits per heavy atom. The fraction of sp³-hybridized carbons (Fsp3) is 0.278. The van der Waals surface area contributed by atoms with Crippen LogP contribution in [0.15, 0.2) is 42.5 Å². The topological polar surface area (TPSA) is 29.1 Å². The van der Waals surface area contributed by atoms with Crippen molar-refractivity contribution in [3.05, 3.63) is 69.2 Å². The lowest BCUT2D eigenvalue weighted by molar-refractivity contribution is 0.0904. The van der Waals surface area contributed by atoms with Crippen molar-refractivity contribution in [3.63, 3.8) is 0 Å². The standard InChI is InChI=1S/C18H17Cl2NO/c1-11-5-2-3-6-12(11)18(22)21-16-10-9-13(16)17-14(19)7-4-8-15(17)20/h2-8,13,16H,9-10H2,1H3,(H,21,22)/t13-,16+/m0/s1. The smallest absolute Gasteiger partial charge is 0.251 e. The van der Waals surface area contributed by atoms with E-state index < -0.39 is 0 Å². The summed E-state index contributed by atoms with van der Waals surface area (Å²) in [6.45, 7) is 1.94. The molecule has 22 heavy (non-hydrogen) atoms. The van der Waals surface area contributed by atoms with Crippen molar-refractivity contribution in [1.29, 1.82) is 0 Å². The second-order valence-electron chi connectivity index (χ2n) is 5.71. The Kier molecular flexibility index (Phi) is 4.42. The second-order valence-corrected chi connectivity index (χ2v) is 6.53. The number of amides is 1. The van der Waals surface area contributed by atoms with E-state index in [9.17, 15) is 4.79 Å². The summed E-state index contributed by atoms with van der Waals surface area (Å²) < 4.78 is 0. The lowest BCUT2D eigenvalue weighted by Gasteiger charge is -2.38. The van der Waals surface area contributed by atoms with Crippen LogP contribution in [0, 0.1) is 6.92 Å².